The summed E-state index contributed by atoms with van der Waals surface area (Å²) < 4.78 is 4.88. The third-order valence-corrected chi connectivity index (χ3v) is 4.63. The first-order chi connectivity index (χ1) is 11.1. The van der Waals surface area contributed by atoms with Crippen molar-refractivity contribution >= 4 is 45.7 Å². The summed E-state index contributed by atoms with van der Waals surface area (Å²) in [5.74, 6) is -0.276. The molecule has 126 valence electrons. The van der Waals surface area contributed by atoms with Gasteiger partial charge in [0, 0.05) is 11.3 Å². The molecule has 0 spiro atoms. The van der Waals surface area contributed by atoms with Crippen molar-refractivity contribution in [2.24, 2.45) is 5.92 Å². The summed E-state index contributed by atoms with van der Waals surface area (Å²) in [5.41, 5.74) is 0.623. The molecule has 0 saturated heterocycles. The number of carbonyl (C=O) groups is 2. The zero-order valence-electron chi connectivity index (χ0n) is 13.1. The predicted octanol–water partition coefficient (Wildman–Crippen LogP) is 2.64. The van der Waals surface area contributed by atoms with E-state index in [-0.39, 0.29) is 29.3 Å². The van der Waals surface area contributed by atoms with Crippen LogP contribution in [-0.2, 0) is 20.7 Å². The van der Waals surface area contributed by atoms with Gasteiger partial charge < -0.3 is 15.4 Å². The lowest BCUT2D eigenvalue weighted by molar-refractivity contribution is -0.142. The van der Waals surface area contributed by atoms with Crippen LogP contribution < -0.4 is 10.6 Å². The SMILES string of the molecule is CCOC(=O)Cc1csc(NC(=S)NC(=O)C2CCCCC2)n1. The first-order valence-corrected chi connectivity index (χ1v) is 9.09. The number of anilines is 1. The monoisotopic (exact) mass is 355 g/mol. The number of ether oxygens (including phenoxy) is 1. The van der Waals surface area contributed by atoms with Crippen molar-refractivity contribution < 1.29 is 14.3 Å². The second-order valence-electron chi connectivity index (χ2n) is 5.40. The third-order valence-electron chi connectivity index (χ3n) is 3.62. The number of esters is 1. The maximum atomic E-state index is 12.1. The molecule has 1 fully saturated rings. The molecule has 6 nitrogen and oxygen atoms in total. The van der Waals surface area contributed by atoms with E-state index in [4.69, 9.17) is 17.0 Å². The Balaban J connectivity index is 1.79. The fourth-order valence-electron chi connectivity index (χ4n) is 2.51. The maximum Gasteiger partial charge on any atom is 0.311 e. The van der Waals surface area contributed by atoms with Crippen molar-refractivity contribution in [3.8, 4) is 0 Å². The second kappa shape index (κ2) is 8.93. The van der Waals surface area contributed by atoms with E-state index in [2.05, 4.69) is 15.6 Å². The minimum absolute atomic E-state index is 0.0227. The topological polar surface area (TPSA) is 80.3 Å². The summed E-state index contributed by atoms with van der Waals surface area (Å²) >= 11 is 6.48. The van der Waals surface area contributed by atoms with Gasteiger partial charge in [0.25, 0.3) is 0 Å². The molecule has 0 radical (unpaired) electrons. The first-order valence-electron chi connectivity index (χ1n) is 7.80. The maximum absolute atomic E-state index is 12.1. The fourth-order valence-corrected chi connectivity index (χ4v) is 3.49. The molecule has 1 amide bonds. The Kier molecular flexibility index (Phi) is 6.91. The van der Waals surface area contributed by atoms with E-state index in [9.17, 15) is 9.59 Å². The highest BCUT2D eigenvalue weighted by Crippen LogP contribution is 2.23. The molecule has 0 unspecified atom stereocenters. The van der Waals surface area contributed by atoms with Crippen molar-refractivity contribution in [2.45, 2.75) is 45.4 Å². The quantitative estimate of drug-likeness (QED) is 0.624. The molecule has 1 aromatic heterocycles. The van der Waals surface area contributed by atoms with Crippen molar-refractivity contribution in [2.75, 3.05) is 11.9 Å². The summed E-state index contributed by atoms with van der Waals surface area (Å²) in [7, 11) is 0. The van der Waals surface area contributed by atoms with E-state index in [1.165, 1.54) is 17.8 Å². The molecule has 0 bridgehead atoms. The number of thiocarbonyl (C=S) groups is 1. The van der Waals surface area contributed by atoms with Gasteiger partial charge in [-0.2, -0.15) is 0 Å². The number of hydrogen-bond acceptors (Lipinski definition) is 6. The van der Waals surface area contributed by atoms with Gasteiger partial charge in [0.05, 0.1) is 18.7 Å². The van der Waals surface area contributed by atoms with Gasteiger partial charge in [0.1, 0.15) is 0 Å². The van der Waals surface area contributed by atoms with E-state index in [1.54, 1.807) is 12.3 Å². The van der Waals surface area contributed by atoms with Crippen molar-refractivity contribution in [1.29, 1.82) is 0 Å². The second-order valence-corrected chi connectivity index (χ2v) is 6.67. The minimum Gasteiger partial charge on any atom is -0.466 e. The molecular formula is C15H21N3O3S2. The van der Waals surface area contributed by atoms with Crippen molar-refractivity contribution in [3.63, 3.8) is 0 Å². The van der Waals surface area contributed by atoms with Crippen LogP contribution in [0, 0.1) is 5.92 Å². The van der Waals surface area contributed by atoms with Crippen LogP contribution in [0.2, 0.25) is 0 Å². The number of carbonyl (C=O) groups excluding carboxylic acids is 2. The van der Waals surface area contributed by atoms with Crippen LogP contribution in [0.4, 0.5) is 5.13 Å². The van der Waals surface area contributed by atoms with Crippen LogP contribution in [-0.4, -0.2) is 28.6 Å². The zero-order chi connectivity index (χ0) is 16.7. The van der Waals surface area contributed by atoms with Gasteiger partial charge in [-0.25, -0.2) is 4.98 Å². The molecule has 1 aliphatic carbocycles. The van der Waals surface area contributed by atoms with Crippen LogP contribution >= 0.6 is 23.6 Å². The summed E-state index contributed by atoms with van der Waals surface area (Å²) in [5, 5.41) is 8.19. The number of hydrogen-bond donors (Lipinski definition) is 2. The van der Waals surface area contributed by atoms with Gasteiger partial charge in [-0.1, -0.05) is 19.3 Å². The van der Waals surface area contributed by atoms with Crippen LogP contribution in [0.15, 0.2) is 5.38 Å². The molecule has 2 N–H and O–H groups in total. The lowest BCUT2D eigenvalue weighted by Gasteiger charge is -2.20. The third kappa shape index (κ3) is 5.87. The molecule has 0 aromatic carbocycles. The molecule has 1 saturated carbocycles. The van der Waals surface area contributed by atoms with Gasteiger partial charge in [0.2, 0.25) is 5.91 Å². The van der Waals surface area contributed by atoms with Crippen molar-refractivity contribution in [3.05, 3.63) is 11.1 Å². The largest absolute Gasteiger partial charge is 0.466 e. The van der Waals surface area contributed by atoms with Crippen LogP contribution in [0.25, 0.3) is 0 Å². The smallest absolute Gasteiger partial charge is 0.311 e. The molecule has 1 aliphatic rings. The lowest BCUT2D eigenvalue weighted by Crippen LogP contribution is -2.38. The van der Waals surface area contributed by atoms with Gasteiger partial charge in [0.15, 0.2) is 10.2 Å². The predicted molar refractivity (Wildman–Crippen MR) is 93.4 cm³/mol. The van der Waals surface area contributed by atoms with Gasteiger partial charge in [-0.3, -0.25) is 9.59 Å². The molecule has 0 aliphatic heterocycles. The number of aromatic nitrogens is 1. The van der Waals surface area contributed by atoms with E-state index in [1.807, 2.05) is 0 Å². The highest BCUT2D eigenvalue weighted by atomic mass is 32.1. The molecule has 1 heterocycles. The number of nitrogens with one attached hydrogen (secondary N) is 2. The number of rotatable bonds is 5. The molecule has 0 atom stereocenters. The number of thiazole rings is 1. The van der Waals surface area contributed by atoms with Crippen LogP contribution in [0.3, 0.4) is 0 Å². The number of amides is 1. The summed E-state index contributed by atoms with van der Waals surface area (Å²) in [6, 6.07) is 0. The Hall–Kier alpha value is -1.54. The average molecular weight is 355 g/mol. The van der Waals surface area contributed by atoms with Gasteiger partial charge >= 0.3 is 5.97 Å². The summed E-state index contributed by atoms with van der Waals surface area (Å²) in [6.45, 7) is 2.12. The molecule has 8 heteroatoms. The molecular weight excluding hydrogens is 334 g/mol. The normalized spacial score (nSPS) is 15.0. The van der Waals surface area contributed by atoms with Crippen LogP contribution in [0.5, 0.6) is 0 Å². The standard InChI is InChI=1S/C15H21N3O3S2/c1-2-21-12(19)8-11-9-23-15(16-11)18-14(22)17-13(20)10-6-4-3-5-7-10/h9-10H,2-8H2,1H3,(H2,16,17,18,20,22). The summed E-state index contributed by atoms with van der Waals surface area (Å²) in [6.07, 6.45) is 5.39. The first kappa shape index (κ1) is 17.8. The minimum atomic E-state index is -0.308. The highest BCUT2D eigenvalue weighted by molar-refractivity contribution is 7.80. The van der Waals surface area contributed by atoms with E-state index in [0.29, 0.717) is 17.4 Å². The highest BCUT2D eigenvalue weighted by Gasteiger charge is 2.21. The molecule has 2 rings (SSSR count). The Labute approximate surface area is 145 Å². The lowest BCUT2D eigenvalue weighted by atomic mass is 9.89. The van der Waals surface area contributed by atoms with E-state index < -0.39 is 0 Å². The Morgan fingerprint density at radius 3 is 2.83 bits per heavy atom. The molecule has 1 aromatic rings. The van der Waals surface area contributed by atoms with E-state index >= 15 is 0 Å². The van der Waals surface area contributed by atoms with Gasteiger partial charge in [-0.05, 0) is 32.0 Å². The Bertz CT molecular complexity index is 568. The Morgan fingerprint density at radius 1 is 1.39 bits per heavy atom. The average Bonchev–Trinajstić information content (AvgIpc) is 2.95. The zero-order valence-corrected chi connectivity index (χ0v) is 14.7. The fraction of sp³-hybridized carbons (Fsp3) is 0.600. The van der Waals surface area contributed by atoms with Crippen molar-refractivity contribution in [1.82, 2.24) is 10.3 Å². The summed E-state index contributed by atoms with van der Waals surface area (Å²) in [4.78, 5) is 27.8. The van der Waals surface area contributed by atoms with E-state index in [0.717, 1.165) is 25.7 Å². The van der Waals surface area contributed by atoms with Gasteiger partial charge in [-0.15, -0.1) is 11.3 Å². The Morgan fingerprint density at radius 2 is 2.13 bits per heavy atom. The molecule has 23 heavy (non-hydrogen) atoms. The number of nitrogens with zero attached hydrogens (tertiary/aromatic N) is 1. The van der Waals surface area contributed by atoms with Crippen LogP contribution in [0.1, 0.15) is 44.7 Å².